The van der Waals surface area contributed by atoms with Gasteiger partial charge in [-0.25, -0.2) is 0 Å². The number of hydrogen-bond acceptors (Lipinski definition) is 6. The second-order valence-corrected chi connectivity index (χ2v) is 9.95. The predicted molar refractivity (Wildman–Crippen MR) is 126 cm³/mol. The molecular formula is C23H21Cl2N3O3S. The molecule has 1 atom stereocenters. The van der Waals surface area contributed by atoms with Gasteiger partial charge in [-0.1, -0.05) is 23.2 Å². The van der Waals surface area contributed by atoms with Crippen LogP contribution in [0.2, 0.25) is 10.0 Å². The van der Waals surface area contributed by atoms with Gasteiger partial charge in [-0.3, -0.25) is 19.5 Å². The summed E-state index contributed by atoms with van der Waals surface area (Å²) in [4.78, 5) is 30.9. The second kappa shape index (κ2) is 9.08. The van der Waals surface area contributed by atoms with Gasteiger partial charge in [0.15, 0.2) is 0 Å². The summed E-state index contributed by atoms with van der Waals surface area (Å²) in [6.07, 6.45) is 3.03. The van der Waals surface area contributed by atoms with Crippen molar-refractivity contribution in [2.45, 2.75) is 31.9 Å². The second-order valence-electron chi connectivity index (χ2n) is 7.97. The molecular weight excluding hydrogens is 469 g/mol. The lowest BCUT2D eigenvalue weighted by Crippen LogP contribution is -2.39. The van der Waals surface area contributed by atoms with Gasteiger partial charge < -0.3 is 10.1 Å². The van der Waals surface area contributed by atoms with Crippen LogP contribution in [0.1, 0.15) is 23.3 Å². The molecule has 2 aliphatic heterocycles. The zero-order valence-corrected chi connectivity index (χ0v) is 19.5. The van der Waals surface area contributed by atoms with Crippen LogP contribution in [0.4, 0.5) is 0 Å². The zero-order valence-electron chi connectivity index (χ0n) is 17.2. The van der Waals surface area contributed by atoms with Crippen molar-refractivity contribution < 1.29 is 14.3 Å². The van der Waals surface area contributed by atoms with E-state index in [1.807, 2.05) is 18.2 Å². The van der Waals surface area contributed by atoms with Gasteiger partial charge in [0.05, 0.1) is 29.5 Å². The number of likely N-dealkylation sites (tertiary alicyclic amines) is 1. The summed E-state index contributed by atoms with van der Waals surface area (Å²) in [7, 11) is 0. The Morgan fingerprint density at radius 2 is 1.97 bits per heavy atom. The molecule has 0 aliphatic carbocycles. The third-order valence-corrected chi connectivity index (χ3v) is 7.52. The van der Waals surface area contributed by atoms with Crippen molar-refractivity contribution in [3.05, 3.63) is 50.9 Å². The number of benzene rings is 1. The SMILES string of the molecule is O=C1CCC(=O)N1Cc1cc2nccc(-c3cc(Cl)cc(Cl)c3CC3CNCCO3)c2s1. The number of pyridine rings is 1. The molecule has 4 heterocycles. The molecule has 1 aromatic carbocycles. The standard InChI is InChI=1S/C23H21Cl2N3O3S/c24-13-7-17(18(19(25)8-13)9-14-11-26-5-6-31-14)16-3-4-27-20-10-15(32-23(16)20)12-28-21(29)1-2-22(28)30/h3-4,7-8,10,14,26H,1-2,5-6,9,11-12H2. The fourth-order valence-electron chi connectivity index (χ4n) is 4.26. The van der Waals surface area contributed by atoms with Crippen LogP contribution < -0.4 is 5.32 Å². The first-order valence-electron chi connectivity index (χ1n) is 10.5. The highest BCUT2D eigenvalue weighted by Crippen LogP contribution is 2.40. The number of rotatable bonds is 5. The van der Waals surface area contributed by atoms with E-state index in [0.717, 1.165) is 44.9 Å². The molecule has 6 nitrogen and oxygen atoms in total. The normalized spacial score (nSPS) is 19.3. The van der Waals surface area contributed by atoms with Crippen LogP contribution >= 0.6 is 34.5 Å². The van der Waals surface area contributed by atoms with E-state index in [9.17, 15) is 9.59 Å². The molecule has 2 aliphatic rings. The number of morpholine rings is 1. The van der Waals surface area contributed by atoms with Crippen molar-refractivity contribution in [2.24, 2.45) is 0 Å². The van der Waals surface area contributed by atoms with Gasteiger partial charge in [0.25, 0.3) is 0 Å². The first kappa shape index (κ1) is 21.8. The number of halogens is 2. The molecule has 166 valence electrons. The van der Waals surface area contributed by atoms with Gasteiger partial charge in [-0.15, -0.1) is 11.3 Å². The Balaban J connectivity index is 1.55. The van der Waals surface area contributed by atoms with Gasteiger partial charge in [-0.05, 0) is 35.4 Å². The van der Waals surface area contributed by atoms with Crippen LogP contribution in [0.15, 0.2) is 30.5 Å². The summed E-state index contributed by atoms with van der Waals surface area (Å²) in [5, 5.41) is 4.53. The van der Waals surface area contributed by atoms with E-state index >= 15 is 0 Å². The molecule has 3 aromatic rings. The van der Waals surface area contributed by atoms with Crippen LogP contribution in [0, 0.1) is 0 Å². The summed E-state index contributed by atoms with van der Waals surface area (Å²) < 4.78 is 6.89. The summed E-state index contributed by atoms with van der Waals surface area (Å²) in [5.74, 6) is -0.240. The number of thiophene rings is 1. The molecule has 2 fully saturated rings. The predicted octanol–water partition coefficient (Wildman–Crippen LogP) is 4.45. The average molecular weight is 490 g/mol. The third kappa shape index (κ3) is 4.28. The Bertz CT molecular complexity index is 1190. The van der Waals surface area contributed by atoms with E-state index in [1.54, 1.807) is 12.3 Å². The average Bonchev–Trinajstić information content (AvgIpc) is 3.34. The van der Waals surface area contributed by atoms with Gasteiger partial charge in [0.2, 0.25) is 11.8 Å². The quantitative estimate of drug-likeness (QED) is 0.536. The molecule has 1 N–H and O–H groups in total. The van der Waals surface area contributed by atoms with E-state index in [-0.39, 0.29) is 37.3 Å². The van der Waals surface area contributed by atoms with Crippen molar-refractivity contribution >= 4 is 56.6 Å². The topological polar surface area (TPSA) is 71.5 Å². The summed E-state index contributed by atoms with van der Waals surface area (Å²) >= 11 is 14.6. The number of imide groups is 1. The molecule has 1 unspecified atom stereocenters. The molecule has 0 saturated carbocycles. The van der Waals surface area contributed by atoms with Gasteiger partial charge in [0.1, 0.15) is 0 Å². The van der Waals surface area contributed by atoms with E-state index < -0.39 is 0 Å². The lowest BCUT2D eigenvalue weighted by Gasteiger charge is -2.25. The van der Waals surface area contributed by atoms with Gasteiger partial charge in [0, 0.05) is 59.0 Å². The largest absolute Gasteiger partial charge is 0.375 e. The fraction of sp³-hybridized carbons (Fsp3) is 0.348. The van der Waals surface area contributed by atoms with E-state index in [0.29, 0.717) is 23.1 Å². The number of nitrogens with zero attached hydrogens (tertiary/aromatic N) is 2. The lowest BCUT2D eigenvalue weighted by atomic mass is 9.95. The van der Waals surface area contributed by atoms with Crippen molar-refractivity contribution in [1.29, 1.82) is 0 Å². The number of carbonyl (C=O) groups excluding carboxylic acids is 2. The van der Waals surface area contributed by atoms with Crippen molar-refractivity contribution in [2.75, 3.05) is 19.7 Å². The van der Waals surface area contributed by atoms with E-state index in [2.05, 4.69) is 10.3 Å². The summed E-state index contributed by atoms with van der Waals surface area (Å²) in [6, 6.07) is 7.60. The highest BCUT2D eigenvalue weighted by Gasteiger charge is 2.29. The number of nitrogens with one attached hydrogen (secondary N) is 1. The van der Waals surface area contributed by atoms with E-state index in [1.165, 1.54) is 16.2 Å². The molecule has 0 spiro atoms. The summed E-state index contributed by atoms with van der Waals surface area (Å²) in [5.41, 5.74) is 3.73. The first-order valence-corrected chi connectivity index (χ1v) is 12.1. The van der Waals surface area contributed by atoms with Gasteiger partial charge in [-0.2, -0.15) is 0 Å². The zero-order chi connectivity index (χ0) is 22.2. The van der Waals surface area contributed by atoms with Crippen LogP contribution in [0.5, 0.6) is 0 Å². The van der Waals surface area contributed by atoms with Crippen LogP contribution in [0.25, 0.3) is 21.3 Å². The maximum absolute atomic E-state index is 12.0. The minimum atomic E-state index is -0.120. The third-order valence-electron chi connectivity index (χ3n) is 5.82. The van der Waals surface area contributed by atoms with Crippen LogP contribution in [0.3, 0.4) is 0 Å². The Morgan fingerprint density at radius 3 is 2.72 bits per heavy atom. The Kier molecular flexibility index (Phi) is 6.18. The number of carbonyl (C=O) groups is 2. The van der Waals surface area contributed by atoms with Crippen LogP contribution in [-0.4, -0.2) is 47.5 Å². The number of aromatic nitrogens is 1. The molecule has 0 bridgehead atoms. The first-order chi connectivity index (χ1) is 15.5. The minimum Gasteiger partial charge on any atom is -0.375 e. The smallest absolute Gasteiger partial charge is 0.230 e. The van der Waals surface area contributed by atoms with Crippen LogP contribution in [-0.2, 0) is 27.3 Å². The lowest BCUT2D eigenvalue weighted by molar-refractivity contribution is -0.138. The monoisotopic (exact) mass is 489 g/mol. The molecule has 2 saturated heterocycles. The van der Waals surface area contributed by atoms with Crippen molar-refractivity contribution in [1.82, 2.24) is 15.2 Å². The molecule has 5 rings (SSSR count). The molecule has 32 heavy (non-hydrogen) atoms. The highest BCUT2D eigenvalue weighted by atomic mass is 35.5. The number of ether oxygens (including phenoxy) is 1. The van der Waals surface area contributed by atoms with Crippen molar-refractivity contribution in [3.8, 4) is 11.1 Å². The Morgan fingerprint density at radius 1 is 1.16 bits per heavy atom. The Labute approximate surface area is 199 Å². The maximum atomic E-state index is 12.0. The molecule has 0 radical (unpaired) electrons. The molecule has 2 aromatic heterocycles. The van der Waals surface area contributed by atoms with Gasteiger partial charge >= 0.3 is 0 Å². The Hall–Kier alpha value is -2.03. The maximum Gasteiger partial charge on any atom is 0.230 e. The fourth-order valence-corrected chi connectivity index (χ4v) is 5.96. The summed E-state index contributed by atoms with van der Waals surface area (Å²) in [6.45, 7) is 2.57. The highest BCUT2D eigenvalue weighted by molar-refractivity contribution is 7.19. The number of amides is 2. The minimum absolute atomic E-state index is 0.0320. The molecule has 2 amide bonds. The van der Waals surface area contributed by atoms with Crippen molar-refractivity contribution in [3.63, 3.8) is 0 Å². The number of hydrogen-bond donors (Lipinski definition) is 1. The number of fused-ring (bicyclic) bond motifs is 1. The molecule has 9 heteroatoms. The van der Waals surface area contributed by atoms with E-state index in [4.69, 9.17) is 27.9 Å².